The van der Waals surface area contributed by atoms with E-state index in [-0.39, 0.29) is 0 Å². The van der Waals surface area contributed by atoms with Crippen molar-refractivity contribution >= 4 is 16.5 Å². The third-order valence-corrected chi connectivity index (χ3v) is 2.93. The van der Waals surface area contributed by atoms with E-state index in [0.717, 1.165) is 18.1 Å². The molecule has 0 saturated carbocycles. The molecule has 0 aromatic carbocycles. The molecule has 2 aromatic heterocycles. The van der Waals surface area contributed by atoms with Gasteiger partial charge in [0.25, 0.3) is 0 Å². The van der Waals surface area contributed by atoms with Crippen LogP contribution in [0.4, 0.5) is 5.00 Å². The highest BCUT2D eigenvalue weighted by molar-refractivity contribution is 7.09. The van der Waals surface area contributed by atoms with E-state index in [4.69, 9.17) is 5.73 Å². The van der Waals surface area contributed by atoms with Crippen molar-refractivity contribution in [1.29, 1.82) is 0 Å². The van der Waals surface area contributed by atoms with Crippen molar-refractivity contribution < 1.29 is 0 Å². The molecule has 2 rings (SSSR count). The summed E-state index contributed by atoms with van der Waals surface area (Å²) in [5.74, 6) is 1.02. The highest BCUT2D eigenvalue weighted by atomic mass is 32.1. The number of hydrogen-bond acceptors (Lipinski definition) is 6. The third-order valence-electron chi connectivity index (χ3n) is 2.34. The van der Waals surface area contributed by atoms with Gasteiger partial charge in [0.1, 0.15) is 16.5 Å². The molecule has 86 valence electrons. The third kappa shape index (κ3) is 2.37. The Hall–Kier alpha value is -1.47. The summed E-state index contributed by atoms with van der Waals surface area (Å²) < 4.78 is 5.81. The summed E-state index contributed by atoms with van der Waals surface area (Å²) in [4.78, 5) is 6.37. The van der Waals surface area contributed by atoms with Crippen LogP contribution in [0.15, 0.2) is 12.4 Å². The zero-order valence-corrected chi connectivity index (χ0v) is 10.1. The van der Waals surface area contributed by atoms with Crippen LogP contribution in [0.3, 0.4) is 0 Å². The van der Waals surface area contributed by atoms with Crippen molar-refractivity contribution in [3.05, 3.63) is 23.9 Å². The molecular formula is C9H14N6S. The number of nitrogens with zero attached hydrogens (tertiary/aromatic N) is 5. The minimum Gasteiger partial charge on any atom is -0.388 e. The van der Waals surface area contributed by atoms with E-state index in [1.807, 2.05) is 24.9 Å². The van der Waals surface area contributed by atoms with Crippen LogP contribution in [-0.2, 0) is 20.1 Å². The first-order chi connectivity index (χ1) is 7.66. The second kappa shape index (κ2) is 4.58. The van der Waals surface area contributed by atoms with E-state index in [1.165, 1.54) is 11.5 Å². The molecule has 0 amide bonds. The van der Waals surface area contributed by atoms with Crippen LogP contribution in [0.1, 0.15) is 11.5 Å². The predicted molar refractivity (Wildman–Crippen MR) is 62.7 cm³/mol. The average molecular weight is 238 g/mol. The van der Waals surface area contributed by atoms with Crippen LogP contribution in [0.5, 0.6) is 0 Å². The second-order valence-electron chi connectivity index (χ2n) is 3.71. The van der Waals surface area contributed by atoms with Gasteiger partial charge in [-0.1, -0.05) is 4.49 Å². The first kappa shape index (κ1) is 11.0. The van der Waals surface area contributed by atoms with E-state index < -0.39 is 0 Å². The number of rotatable bonds is 4. The van der Waals surface area contributed by atoms with Gasteiger partial charge >= 0.3 is 0 Å². The van der Waals surface area contributed by atoms with Crippen molar-refractivity contribution in [1.82, 2.24) is 24.0 Å². The van der Waals surface area contributed by atoms with Crippen LogP contribution in [-0.4, -0.2) is 31.1 Å². The van der Waals surface area contributed by atoms with Crippen molar-refractivity contribution in [2.24, 2.45) is 7.05 Å². The standard InChI is InChI=1S/C9H14N6S/c1-14(5-7-9(10)16-13-12-7)6-8-11-3-4-15(8)2/h3-4H,5-6,10H2,1-2H3. The number of anilines is 1. The molecular weight excluding hydrogens is 224 g/mol. The van der Waals surface area contributed by atoms with Crippen LogP contribution in [0.25, 0.3) is 0 Å². The molecule has 0 radical (unpaired) electrons. The van der Waals surface area contributed by atoms with E-state index in [0.29, 0.717) is 11.5 Å². The molecule has 7 heteroatoms. The van der Waals surface area contributed by atoms with Crippen LogP contribution in [0.2, 0.25) is 0 Å². The number of nitrogen functional groups attached to an aromatic ring is 1. The summed E-state index contributed by atoms with van der Waals surface area (Å²) in [7, 11) is 3.99. The van der Waals surface area contributed by atoms with Gasteiger partial charge in [-0.3, -0.25) is 4.90 Å². The Labute approximate surface area is 97.9 Å². The van der Waals surface area contributed by atoms with Gasteiger partial charge in [0.15, 0.2) is 0 Å². The lowest BCUT2D eigenvalue weighted by atomic mass is 10.4. The molecule has 0 fully saturated rings. The quantitative estimate of drug-likeness (QED) is 0.839. The summed E-state index contributed by atoms with van der Waals surface area (Å²) in [6.07, 6.45) is 3.73. The van der Waals surface area contributed by atoms with E-state index >= 15 is 0 Å². The first-order valence-corrected chi connectivity index (χ1v) is 5.65. The average Bonchev–Trinajstić information content (AvgIpc) is 2.79. The van der Waals surface area contributed by atoms with Crippen LogP contribution >= 0.6 is 11.5 Å². The summed E-state index contributed by atoms with van der Waals surface area (Å²) in [6, 6.07) is 0. The predicted octanol–water partition coefficient (Wildman–Crippen LogP) is 0.486. The molecule has 0 unspecified atom stereocenters. The molecule has 2 N–H and O–H groups in total. The zero-order valence-electron chi connectivity index (χ0n) is 9.29. The van der Waals surface area contributed by atoms with Gasteiger partial charge in [-0.15, -0.1) is 5.10 Å². The Kier molecular flexibility index (Phi) is 3.16. The molecule has 0 spiro atoms. The molecule has 0 bridgehead atoms. The normalized spacial score (nSPS) is 11.2. The Morgan fingerprint density at radius 2 is 2.31 bits per heavy atom. The Balaban J connectivity index is 1.97. The first-order valence-electron chi connectivity index (χ1n) is 4.88. The topological polar surface area (TPSA) is 72.9 Å². The molecule has 0 atom stereocenters. The Morgan fingerprint density at radius 1 is 1.50 bits per heavy atom. The maximum absolute atomic E-state index is 5.74. The second-order valence-corrected chi connectivity index (χ2v) is 4.50. The highest BCUT2D eigenvalue weighted by Gasteiger charge is 2.09. The monoisotopic (exact) mass is 238 g/mol. The minimum atomic E-state index is 0.687. The van der Waals surface area contributed by atoms with E-state index in [1.54, 1.807) is 6.20 Å². The smallest absolute Gasteiger partial charge is 0.132 e. The molecule has 2 heterocycles. The van der Waals surface area contributed by atoms with Crippen molar-refractivity contribution in [2.45, 2.75) is 13.1 Å². The van der Waals surface area contributed by atoms with Gasteiger partial charge in [0, 0.05) is 37.5 Å². The van der Waals surface area contributed by atoms with Gasteiger partial charge in [-0.2, -0.15) is 0 Å². The summed E-state index contributed by atoms with van der Waals surface area (Å²) in [5.41, 5.74) is 6.57. The van der Waals surface area contributed by atoms with Crippen LogP contribution < -0.4 is 5.73 Å². The SMILES string of the molecule is CN(Cc1nnsc1N)Cc1nccn1C. The number of aromatic nitrogens is 4. The van der Waals surface area contributed by atoms with Gasteiger partial charge in [0.2, 0.25) is 0 Å². The molecule has 0 saturated heterocycles. The number of imidazole rings is 1. The van der Waals surface area contributed by atoms with Gasteiger partial charge in [0.05, 0.1) is 6.54 Å². The van der Waals surface area contributed by atoms with E-state index in [9.17, 15) is 0 Å². The summed E-state index contributed by atoms with van der Waals surface area (Å²) >= 11 is 1.23. The summed E-state index contributed by atoms with van der Waals surface area (Å²) in [6.45, 7) is 1.45. The molecule has 0 aliphatic heterocycles. The van der Waals surface area contributed by atoms with Gasteiger partial charge < -0.3 is 10.3 Å². The van der Waals surface area contributed by atoms with Gasteiger partial charge in [-0.25, -0.2) is 4.98 Å². The fourth-order valence-electron chi connectivity index (χ4n) is 1.43. The molecule has 16 heavy (non-hydrogen) atoms. The maximum atomic E-state index is 5.74. The van der Waals surface area contributed by atoms with Crippen LogP contribution in [0, 0.1) is 0 Å². The fraction of sp³-hybridized carbons (Fsp3) is 0.444. The lowest BCUT2D eigenvalue weighted by Gasteiger charge is -2.14. The fourth-order valence-corrected chi connectivity index (χ4v) is 1.87. The number of nitrogens with two attached hydrogens (primary N) is 1. The number of hydrogen-bond donors (Lipinski definition) is 1. The highest BCUT2D eigenvalue weighted by Crippen LogP contribution is 2.14. The summed E-state index contributed by atoms with van der Waals surface area (Å²) in [5, 5.41) is 4.67. The Morgan fingerprint density at radius 3 is 2.88 bits per heavy atom. The molecule has 0 aliphatic carbocycles. The van der Waals surface area contributed by atoms with Crippen molar-refractivity contribution in [2.75, 3.05) is 12.8 Å². The number of aryl methyl sites for hydroxylation is 1. The minimum absolute atomic E-state index is 0.687. The lowest BCUT2D eigenvalue weighted by molar-refractivity contribution is 0.304. The zero-order chi connectivity index (χ0) is 11.5. The Bertz CT molecular complexity index is 420. The molecule has 6 nitrogen and oxygen atoms in total. The van der Waals surface area contributed by atoms with E-state index in [2.05, 4.69) is 19.5 Å². The van der Waals surface area contributed by atoms with Gasteiger partial charge in [-0.05, 0) is 7.05 Å². The maximum Gasteiger partial charge on any atom is 0.132 e. The van der Waals surface area contributed by atoms with Crippen molar-refractivity contribution in [3.63, 3.8) is 0 Å². The lowest BCUT2D eigenvalue weighted by Crippen LogP contribution is -2.20. The molecule has 0 aliphatic rings. The largest absolute Gasteiger partial charge is 0.388 e. The molecule has 2 aromatic rings. The van der Waals surface area contributed by atoms with Crippen molar-refractivity contribution in [3.8, 4) is 0 Å².